The normalized spacial score (nSPS) is 42.7. The molecule has 2 rings (SSSR count). The topological polar surface area (TPSA) is 44.8 Å². The van der Waals surface area contributed by atoms with Gasteiger partial charge in [-0.2, -0.15) is 0 Å². The van der Waals surface area contributed by atoms with Gasteiger partial charge in [0.25, 0.3) is 0 Å². The van der Waals surface area contributed by atoms with Crippen LogP contribution in [0.25, 0.3) is 0 Å². The van der Waals surface area contributed by atoms with Gasteiger partial charge in [-0.1, -0.05) is 0 Å². The molecule has 2 aliphatic rings. The average molecular weight is 186 g/mol. The number of hydrogen-bond acceptors (Lipinski definition) is 4. The average Bonchev–Trinajstić information content (AvgIpc) is 2.40. The molecule has 0 aromatic heterocycles. The maximum Gasteiger partial charge on any atom is 0.312 e. The Morgan fingerprint density at radius 3 is 2.54 bits per heavy atom. The van der Waals surface area contributed by atoms with Crippen molar-refractivity contribution in [3.63, 3.8) is 0 Å². The van der Waals surface area contributed by atoms with Gasteiger partial charge in [-0.25, -0.2) is 0 Å². The zero-order valence-electron chi connectivity index (χ0n) is 8.07. The zero-order valence-corrected chi connectivity index (χ0v) is 8.07. The molecule has 74 valence electrons. The second kappa shape index (κ2) is 2.69. The predicted octanol–water partition coefficient (Wildman–Crippen LogP) is 0.699. The van der Waals surface area contributed by atoms with Crippen molar-refractivity contribution < 1.29 is 19.0 Å². The van der Waals surface area contributed by atoms with Gasteiger partial charge in [-0.15, -0.1) is 0 Å². The summed E-state index contributed by atoms with van der Waals surface area (Å²) >= 11 is 0. The molecule has 2 saturated heterocycles. The van der Waals surface area contributed by atoms with E-state index in [0.717, 1.165) is 0 Å². The van der Waals surface area contributed by atoms with E-state index in [1.165, 1.54) is 0 Å². The number of esters is 1. The number of carbonyl (C=O) groups is 1. The standard InChI is InChI=1S/C9H14O4/c1-5-7(12-8(5)10)6-4-11-9(2,3)13-6/h5-7H,4H2,1-3H3/t5-,6-,7+/m1/s1. The minimum atomic E-state index is -0.535. The molecular formula is C9H14O4. The number of hydrogen-bond donors (Lipinski definition) is 0. The quantitative estimate of drug-likeness (QED) is 0.565. The van der Waals surface area contributed by atoms with Crippen molar-refractivity contribution in [2.24, 2.45) is 5.92 Å². The summed E-state index contributed by atoms with van der Waals surface area (Å²) < 4.78 is 15.9. The van der Waals surface area contributed by atoms with Crippen molar-refractivity contribution >= 4 is 5.97 Å². The summed E-state index contributed by atoms with van der Waals surface area (Å²) in [5.41, 5.74) is 0. The highest BCUT2D eigenvalue weighted by Gasteiger charge is 2.49. The smallest absolute Gasteiger partial charge is 0.312 e. The van der Waals surface area contributed by atoms with Crippen molar-refractivity contribution in [3.8, 4) is 0 Å². The van der Waals surface area contributed by atoms with Crippen LogP contribution in [0.3, 0.4) is 0 Å². The molecule has 0 radical (unpaired) electrons. The Labute approximate surface area is 77.1 Å². The van der Waals surface area contributed by atoms with Crippen LogP contribution >= 0.6 is 0 Å². The van der Waals surface area contributed by atoms with Crippen LogP contribution in [0.2, 0.25) is 0 Å². The van der Waals surface area contributed by atoms with E-state index < -0.39 is 5.79 Å². The zero-order chi connectivity index (χ0) is 9.64. The fraction of sp³-hybridized carbons (Fsp3) is 0.889. The molecule has 0 N–H and O–H groups in total. The lowest BCUT2D eigenvalue weighted by Gasteiger charge is -2.36. The molecule has 0 amide bonds. The lowest BCUT2D eigenvalue weighted by atomic mass is 9.95. The minimum Gasteiger partial charge on any atom is -0.458 e. The summed E-state index contributed by atoms with van der Waals surface area (Å²) in [6.07, 6.45) is -0.211. The van der Waals surface area contributed by atoms with Crippen molar-refractivity contribution in [2.75, 3.05) is 6.61 Å². The third-order valence-electron chi connectivity index (χ3n) is 2.51. The molecular weight excluding hydrogens is 172 g/mol. The Bertz CT molecular complexity index is 236. The summed E-state index contributed by atoms with van der Waals surface area (Å²) in [7, 11) is 0. The first-order valence-corrected chi connectivity index (χ1v) is 4.52. The van der Waals surface area contributed by atoms with Crippen LogP contribution in [-0.4, -0.2) is 30.6 Å². The summed E-state index contributed by atoms with van der Waals surface area (Å²) in [4.78, 5) is 10.8. The van der Waals surface area contributed by atoms with Gasteiger partial charge in [0, 0.05) is 0 Å². The van der Waals surface area contributed by atoms with E-state index in [1.807, 2.05) is 20.8 Å². The Balaban J connectivity index is 1.94. The van der Waals surface area contributed by atoms with Crippen LogP contribution in [0.5, 0.6) is 0 Å². The SMILES string of the molecule is C[C@H]1C(=O)O[C@@H]1[C@H]1COC(C)(C)O1. The van der Waals surface area contributed by atoms with Crippen molar-refractivity contribution in [3.05, 3.63) is 0 Å². The number of carbonyl (C=O) groups excluding carboxylic acids is 1. The molecule has 0 unspecified atom stereocenters. The van der Waals surface area contributed by atoms with Crippen molar-refractivity contribution in [1.29, 1.82) is 0 Å². The van der Waals surface area contributed by atoms with Crippen LogP contribution in [0.15, 0.2) is 0 Å². The molecule has 4 heteroatoms. The molecule has 0 saturated carbocycles. The molecule has 0 aromatic carbocycles. The predicted molar refractivity (Wildman–Crippen MR) is 43.9 cm³/mol. The van der Waals surface area contributed by atoms with Crippen LogP contribution in [0, 0.1) is 5.92 Å². The highest BCUT2D eigenvalue weighted by Crippen LogP contribution is 2.33. The minimum absolute atomic E-state index is 0.0532. The molecule has 3 atom stereocenters. The van der Waals surface area contributed by atoms with Crippen molar-refractivity contribution in [1.82, 2.24) is 0 Å². The van der Waals surface area contributed by atoms with E-state index in [-0.39, 0.29) is 24.1 Å². The molecule has 2 heterocycles. The summed E-state index contributed by atoms with van der Waals surface area (Å²) in [6, 6.07) is 0. The number of rotatable bonds is 1. The Morgan fingerprint density at radius 2 is 2.15 bits per heavy atom. The summed E-state index contributed by atoms with van der Waals surface area (Å²) in [5, 5.41) is 0. The van der Waals surface area contributed by atoms with Crippen LogP contribution in [-0.2, 0) is 19.0 Å². The van der Waals surface area contributed by atoms with E-state index in [4.69, 9.17) is 14.2 Å². The van der Waals surface area contributed by atoms with E-state index in [0.29, 0.717) is 6.61 Å². The molecule has 0 bridgehead atoms. The lowest BCUT2D eigenvalue weighted by Crippen LogP contribution is -2.51. The first kappa shape index (κ1) is 8.97. The maximum absolute atomic E-state index is 10.8. The fourth-order valence-electron chi connectivity index (χ4n) is 1.68. The largest absolute Gasteiger partial charge is 0.458 e. The maximum atomic E-state index is 10.8. The lowest BCUT2D eigenvalue weighted by molar-refractivity contribution is -0.207. The fourth-order valence-corrected chi connectivity index (χ4v) is 1.68. The van der Waals surface area contributed by atoms with E-state index in [2.05, 4.69) is 0 Å². The van der Waals surface area contributed by atoms with Gasteiger partial charge in [-0.3, -0.25) is 4.79 Å². The van der Waals surface area contributed by atoms with Gasteiger partial charge in [0.05, 0.1) is 12.5 Å². The van der Waals surface area contributed by atoms with E-state index >= 15 is 0 Å². The molecule has 0 spiro atoms. The van der Waals surface area contributed by atoms with Crippen LogP contribution in [0.1, 0.15) is 20.8 Å². The Morgan fingerprint density at radius 1 is 1.46 bits per heavy atom. The second-order valence-electron chi connectivity index (χ2n) is 4.06. The number of cyclic esters (lactones) is 1. The molecule has 0 aliphatic carbocycles. The molecule has 4 nitrogen and oxygen atoms in total. The highest BCUT2D eigenvalue weighted by molar-refractivity contribution is 5.78. The highest BCUT2D eigenvalue weighted by atomic mass is 16.8. The van der Waals surface area contributed by atoms with E-state index in [1.54, 1.807) is 0 Å². The molecule has 2 fully saturated rings. The first-order valence-electron chi connectivity index (χ1n) is 4.52. The van der Waals surface area contributed by atoms with Gasteiger partial charge in [0.15, 0.2) is 5.79 Å². The van der Waals surface area contributed by atoms with E-state index in [9.17, 15) is 4.79 Å². The van der Waals surface area contributed by atoms with Crippen molar-refractivity contribution in [2.45, 2.75) is 38.8 Å². The van der Waals surface area contributed by atoms with Gasteiger partial charge < -0.3 is 14.2 Å². The third kappa shape index (κ3) is 1.44. The van der Waals surface area contributed by atoms with Gasteiger partial charge in [-0.05, 0) is 20.8 Å². The van der Waals surface area contributed by atoms with Crippen LogP contribution in [0.4, 0.5) is 0 Å². The monoisotopic (exact) mass is 186 g/mol. The molecule has 0 aromatic rings. The Hall–Kier alpha value is -0.610. The molecule has 13 heavy (non-hydrogen) atoms. The number of ether oxygens (including phenoxy) is 3. The van der Waals surface area contributed by atoms with Gasteiger partial charge in [0.2, 0.25) is 0 Å². The third-order valence-corrected chi connectivity index (χ3v) is 2.51. The Kier molecular flexibility index (Phi) is 1.85. The summed E-state index contributed by atoms with van der Waals surface area (Å²) in [6.45, 7) is 6.08. The first-order chi connectivity index (χ1) is 5.99. The van der Waals surface area contributed by atoms with Crippen LogP contribution < -0.4 is 0 Å². The van der Waals surface area contributed by atoms with Gasteiger partial charge in [0.1, 0.15) is 12.2 Å². The summed E-state index contributed by atoms with van der Waals surface area (Å²) in [5.74, 6) is -0.729. The molecule has 2 aliphatic heterocycles. The second-order valence-corrected chi connectivity index (χ2v) is 4.06. The van der Waals surface area contributed by atoms with Gasteiger partial charge >= 0.3 is 5.97 Å².